The van der Waals surface area contributed by atoms with Gasteiger partial charge in [0, 0.05) is 23.7 Å². The molecule has 2 aromatic rings. The molecule has 0 aliphatic carbocycles. The molecular formula is C14H17ClN2O. The van der Waals surface area contributed by atoms with E-state index in [1.54, 1.807) is 0 Å². The van der Waals surface area contributed by atoms with Crippen molar-refractivity contribution >= 4 is 11.6 Å². The average Bonchev–Trinajstić information content (AvgIpc) is 2.85. The van der Waals surface area contributed by atoms with Crippen LogP contribution in [0.5, 0.6) is 0 Å². The van der Waals surface area contributed by atoms with Crippen LogP contribution >= 0.6 is 11.6 Å². The maximum atomic E-state index is 9.54. The highest BCUT2D eigenvalue weighted by Gasteiger charge is 2.15. The lowest BCUT2D eigenvalue weighted by Gasteiger charge is -2.15. The number of aromatic nitrogens is 2. The van der Waals surface area contributed by atoms with Crippen molar-refractivity contribution in [2.45, 2.75) is 25.8 Å². The maximum absolute atomic E-state index is 9.54. The zero-order chi connectivity index (χ0) is 13.0. The third-order valence-corrected chi connectivity index (χ3v) is 3.40. The fourth-order valence-electron chi connectivity index (χ4n) is 2.05. The van der Waals surface area contributed by atoms with Crippen LogP contribution in [0.25, 0.3) is 0 Å². The van der Waals surface area contributed by atoms with Crippen LogP contribution in [0.4, 0.5) is 0 Å². The van der Waals surface area contributed by atoms with Gasteiger partial charge in [-0.3, -0.25) is 4.68 Å². The van der Waals surface area contributed by atoms with Gasteiger partial charge in [0.1, 0.15) is 0 Å². The molecule has 96 valence electrons. The largest absolute Gasteiger partial charge is 0.396 e. The number of nitrogens with zero attached hydrogens (tertiary/aromatic N) is 2. The van der Waals surface area contributed by atoms with Gasteiger partial charge in [0.2, 0.25) is 0 Å². The summed E-state index contributed by atoms with van der Waals surface area (Å²) in [6, 6.07) is 7.66. The van der Waals surface area contributed by atoms with E-state index in [4.69, 9.17) is 11.6 Å². The molecule has 1 heterocycles. The van der Waals surface area contributed by atoms with Crippen molar-refractivity contribution in [1.29, 1.82) is 0 Å². The molecule has 0 amide bonds. The van der Waals surface area contributed by atoms with Crippen molar-refractivity contribution < 1.29 is 5.11 Å². The summed E-state index contributed by atoms with van der Waals surface area (Å²) in [4.78, 5) is 0. The van der Waals surface area contributed by atoms with E-state index in [0.717, 1.165) is 24.1 Å². The summed E-state index contributed by atoms with van der Waals surface area (Å²) in [7, 11) is 0. The number of benzene rings is 1. The average molecular weight is 265 g/mol. The SMILES string of the molecule is CCn1cc(CC(CO)c2ccccc2Cl)cn1. The lowest BCUT2D eigenvalue weighted by molar-refractivity contribution is 0.264. The smallest absolute Gasteiger partial charge is 0.0521 e. The highest BCUT2D eigenvalue weighted by Crippen LogP contribution is 2.26. The van der Waals surface area contributed by atoms with Gasteiger partial charge in [-0.25, -0.2) is 0 Å². The number of hydrogen-bond acceptors (Lipinski definition) is 2. The Morgan fingerprint density at radius 1 is 1.39 bits per heavy atom. The van der Waals surface area contributed by atoms with Gasteiger partial charge in [-0.1, -0.05) is 29.8 Å². The molecule has 2 rings (SSSR count). The Morgan fingerprint density at radius 2 is 2.17 bits per heavy atom. The van der Waals surface area contributed by atoms with E-state index in [9.17, 15) is 5.11 Å². The van der Waals surface area contributed by atoms with Crippen molar-refractivity contribution in [1.82, 2.24) is 9.78 Å². The molecule has 0 saturated heterocycles. The lowest BCUT2D eigenvalue weighted by Crippen LogP contribution is -2.08. The highest BCUT2D eigenvalue weighted by atomic mass is 35.5. The summed E-state index contributed by atoms with van der Waals surface area (Å²) in [5.41, 5.74) is 2.11. The van der Waals surface area contributed by atoms with Crippen molar-refractivity contribution in [3.05, 3.63) is 52.8 Å². The van der Waals surface area contributed by atoms with Crippen LogP contribution in [0, 0.1) is 0 Å². The standard InChI is InChI=1S/C14H17ClN2O/c1-2-17-9-11(8-16-17)7-12(10-18)13-5-3-4-6-14(13)15/h3-6,8-9,12,18H,2,7,10H2,1H3. The minimum Gasteiger partial charge on any atom is -0.396 e. The molecule has 0 bridgehead atoms. The van der Waals surface area contributed by atoms with Gasteiger partial charge in [-0.2, -0.15) is 5.10 Å². The molecule has 1 aromatic carbocycles. The van der Waals surface area contributed by atoms with Crippen LogP contribution in [0.1, 0.15) is 24.0 Å². The van der Waals surface area contributed by atoms with Crippen LogP contribution in [0.15, 0.2) is 36.7 Å². The molecular weight excluding hydrogens is 248 g/mol. The van der Waals surface area contributed by atoms with Gasteiger partial charge in [-0.05, 0) is 30.5 Å². The Labute approximate surface area is 112 Å². The summed E-state index contributed by atoms with van der Waals surface area (Å²) in [5.74, 6) is 0.0215. The van der Waals surface area contributed by atoms with Crippen molar-refractivity contribution in [3.8, 4) is 0 Å². The Hall–Kier alpha value is -1.32. The molecule has 0 aliphatic heterocycles. The fourth-order valence-corrected chi connectivity index (χ4v) is 2.34. The van der Waals surface area contributed by atoms with Gasteiger partial charge in [0.25, 0.3) is 0 Å². The normalized spacial score (nSPS) is 12.6. The lowest BCUT2D eigenvalue weighted by atomic mass is 9.94. The molecule has 0 aliphatic rings. The minimum atomic E-state index is 0.0215. The first-order valence-electron chi connectivity index (χ1n) is 6.11. The first-order chi connectivity index (χ1) is 8.74. The quantitative estimate of drug-likeness (QED) is 0.902. The first kappa shape index (κ1) is 13.1. The van der Waals surface area contributed by atoms with Crippen molar-refractivity contribution in [3.63, 3.8) is 0 Å². The number of aliphatic hydroxyl groups excluding tert-OH is 1. The molecule has 18 heavy (non-hydrogen) atoms. The fraction of sp³-hybridized carbons (Fsp3) is 0.357. The molecule has 4 heteroatoms. The predicted octanol–water partition coefficient (Wildman–Crippen LogP) is 2.88. The van der Waals surface area contributed by atoms with Gasteiger partial charge >= 0.3 is 0 Å². The predicted molar refractivity (Wildman–Crippen MR) is 72.9 cm³/mol. The Balaban J connectivity index is 2.17. The van der Waals surface area contributed by atoms with Crippen LogP contribution in [0.3, 0.4) is 0 Å². The summed E-state index contributed by atoms with van der Waals surface area (Å²) in [6.45, 7) is 2.99. The Morgan fingerprint density at radius 3 is 2.78 bits per heavy atom. The number of hydrogen-bond donors (Lipinski definition) is 1. The molecule has 0 fully saturated rings. The molecule has 0 spiro atoms. The number of halogens is 1. The van der Waals surface area contributed by atoms with E-state index in [1.807, 2.05) is 48.3 Å². The molecule has 0 saturated carbocycles. The summed E-state index contributed by atoms with van der Waals surface area (Å²) < 4.78 is 1.89. The molecule has 0 radical (unpaired) electrons. The molecule has 1 unspecified atom stereocenters. The van der Waals surface area contributed by atoms with E-state index < -0.39 is 0 Å². The second-order valence-corrected chi connectivity index (χ2v) is 4.72. The van der Waals surface area contributed by atoms with Gasteiger partial charge in [0.15, 0.2) is 0 Å². The van der Waals surface area contributed by atoms with E-state index in [0.29, 0.717) is 5.02 Å². The number of aryl methyl sites for hydroxylation is 1. The van der Waals surface area contributed by atoms with E-state index in [1.165, 1.54) is 0 Å². The summed E-state index contributed by atoms with van der Waals surface area (Å²) >= 11 is 6.16. The van der Waals surface area contributed by atoms with Crippen LogP contribution in [0.2, 0.25) is 5.02 Å². The van der Waals surface area contributed by atoms with Crippen LogP contribution in [-0.4, -0.2) is 21.5 Å². The zero-order valence-corrected chi connectivity index (χ0v) is 11.1. The second kappa shape index (κ2) is 6.03. The second-order valence-electron chi connectivity index (χ2n) is 4.31. The highest BCUT2D eigenvalue weighted by molar-refractivity contribution is 6.31. The maximum Gasteiger partial charge on any atom is 0.0521 e. The van der Waals surface area contributed by atoms with Crippen molar-refractivity contribution in [2.75, 3.05) is 6.61 Å². The first-order valence-corrected chi connectivity index (χ1v) is 6.49. The van der Waals surface area contributed by atoms with Gasteiger partial charge in [-0.15, -0.1) is 0 Å². The zero-order valence-electron chi connectivity index (χ0n) is 10.4. The summed E-state index contributed by atoms with van der Waals surface area (Å²) in [6.07, 6.45) is 4.61. The topological polar surface area (TPSA) is 38.0 Å². The molecule has 1 aromatic heterocycles. The third kappa shape index (κ3) is 2.92. The molecule has 1 N–H and O–H groups in total. The Kier molecular flexibility index (Phi) is 4.39. The Bertz CT molecular complexity index is 510. The third-order valence-electron chi connectivity index (χ3n) is 3.06. The molecule has 3 nitrogen and oxygen atoms in total. The number of rotatable bonds is 5. The van der Waals surface area contributed by atoms with E-state index in [2.05, 4.69) is 5.10 Å². The van der Waals surface area contributed by atoms with Crippen LogP contribution in [-0.2, 0) is 13.0 Å². The van der Waals surface area contributed by atoms with E-state index in [-0.39, 0.29) is 12.5 Å². The van der Waals surface area contributed by atoms with Crippen LogP contribution < -0.4 is 0 Å². The van der Waals surface area contributed by atoms with Gasteiger partial charge in [0.05, 0.1) is 12.8 Å². The monoisotopic (exact) mass is 264 g/mol. The van der Waals surface area contributed by atoms with Crippen molar-refractivity contribution in [2.24, 2.45) is 0 Å². The molecule has 1 atom stereocenters. The minimum absolute atomic E-state index is 0.0215. The van der Waals surface area contributed by atoms with Gasteiger partial charge < -0.3 is 5.11 Å². The van der Waals surface area contributed by atoms with E-state index >= 15 is 0 Å². The summed E-state index contributed by atoms with van der Waals surface area (Å²) in [5, 5.41) is 14.5. The number of aliphatic hydroxyl groups is 1.